The van der Waals surface area contributed by atoms with Crippen LogP contribution in [0.3, 0.4) is 0 Å². The number of rotatable bonds is 5. The molecule has 8 nitrogen and oxygen atoms in total. The Kier molecular flexibility index (Phi) is 3.88. The monoisotopic (exact) mass is 317 g/mol. The van der Waals surface area contributed by atoms with Crippen molar-refractivity contribution in [2.75, 3.05) is 14.2 Å². The van der Waals surface area contributed by atoms with Crippen LogP contribution in [0.2, 0.25) is 0 Å². The summed E-state index contributed by atoms with van der Waals surface area (Å²) >= 11 is 0. The van der Waals surface area contributed by atoms with Crippen molar-refractivity contribution in [3.63, 3.8) is 0 Å². The predicted molar refractivity (Wildman–Crippen MR) is 79.6 cm³/mol. The normalized spacial score (nSPS) is 10.7. The zero-order valence-electron chi connectivity index (χ0n) is 12.9. The maximum Gasteiger partial charge on any atom is 0.442 e. The summed E-state index contributed by atoms with van der Waals surface area (Å²) in [6.45, 7) is 2.03. The third kappa shape index (κ3) is 2.70. The van der Waals surface area contributed by atoms with Crippen LogP contribution in [0.4, 0.5) is 0 Å². The summed E-state index contributed by atoms with van der Waals surface area (Å²) in [6.07, 6.45) is 1.56. The highest BCUT2D eigenvalue weighted by molar-refractivity contribution is 5.61. The SMILES string of the molecule is COc1ccc(-c2noc(=O)n2Cc2cnoc2C)cc1OC. The lowest BCUT2D eigenvalue weighted by Crippen LogP contribution is -2.16. The van der Waals surface area contributed by atoms with Crippen molar-refractivity contribution in [2.45, 2.75) is 13.5 Å². The van der Waals surface area contributed by atoms with Crippen molar-refractivity contribution in [1.29, 1.82) is 0 Å². The first kappa shape index (κ1) is 14.9. The molecule has 0 saturated heterocycles. The van der Waals surface area contributed by atoms with E-state index in [1.54, 1.807) is 38.4 Å². The number of methoxy groups -OCH3 is 2. The topological polar surface area (TPSA) is 92.5 Å². The molecule has 3 rings (SSSR count). The Morgan fingerprint density at radius 2 is 1.96 bits per heavy atom. The number of nitrogens with zero attached hydrogens (tertiary/aromatic N) is 3. The van der Waals surface area contributed by atoms with E-state index in [-0.39, 0.29) is 6.54 Å². The van der Waals surface area contributed by atoms with Crippen molar-refractivity contribution >= 4 is 0 Å². The van der Waals surface area contributed by atoms with Crippen molar-refractivity contribution in [3.05, 3.63) is 46.3 Å². The summed E-state index contributed by atoms with van der Waals surface area (Å²) in [6, 6.07) is 5.24. The molecule has 23 heavy (non-hydrogen) atoms. The Labute approximate surface area is 131 Å². The summed E-state index contributed by atoms with van der Waals surface area (Å²) in [7, 11) is 3.09. The molecule has 0 N–H and O–H groups in total. The van der Waals surface area contributed by atoms with E-state index in [9.17, 15) is 4.79 Å². The Balaban J connectivity index is 2.04. The van der Waals surface area contributed by atoms with E-state index in [4.69, 9.17) is 18.5 Å². The highest BCUT2D eigenvalue weighted by atomic mass is 16.5. The van der Waals surface area contributed by atoms with Gasteiger partial charge in [0, 0.05) is 11.1 Å². The average Bonchev–Trinajstić information content (AvgIpc) is 3.14. The fourth-order valence-corrected chi connectivity index (χ4v) is 2.23. The molecule has 0 spiro atoms. The van der Waals surface area contributed by atoms with Gasteiger partial charge in [-0.3, -0.25) is 9.09 Å². The van der Waals surface area contributed by atoms with Crippen LogP contribution in [0, 0.1) is 6.92 Å². The van der Waals surface area contributed by atoms with Gasteiger partial charge in [0.2, 0.25) is 0 Å². The van der Waals surface area contributed by atoms with Gasteiger partial charge in [-0.25, -0.2) is 4.79 Å². The summed E-state index contributed by atoms with van der Waals surface area (Å²) in [5.74, 6) is 1.58. The molecule has 2 heterocycles. The summed E-state index contributed by atoms with van der Waals surface area (Å²) in [4.78, 5) is 12.0. The Morgan fingerprint density at radius 1 is 1.17 bits per heavy atom. The van der Waals surface area contributed by atoms with Gasteiger partial charge in [-0.1, -0.05) is 10.3 Å². The van der Waals surface area contributed by atoms with Crippen molar-refractivity contribution in [1.82, 2.24) is 14.9 Å². The molecule has 120 valence electrons. The van der Waals surface area contributed by atoms with E-state index < -0.39 is 5.76 Å². The van der Waals surface area contributed by atoms with Crippen LogP contribution in [-0.4, -0.2) is 29.1 Å². The Morgan fingerprint density at radius 3 is 2.61 bits per heavy atom. The van der Waals surface area contributed by atoms with Crippen LogP contribution < -0.4 is 15.2 Å². The second kappa shape index (κ2) is 5.99. The molecule has 0 atom stereocenters. The summed E-state index contributed by atoms with van der Waals surface area (Å²) < 4.78 is 21.7. The number of benzene rings is 1. The van der Waals surface area contributed by atoms with Crippen molar-refractivity contribution in [2.24, 2.45) is 0 Å². The first-order valence-electron chi connectivity index (χ1n) is 6.83. The molecule has 3 aromatic rings. The standard InChI is InChI=1S/C15H15N3O5/c1-9-11(7-16-22-9)8-18-14(17-23-15(18)19)10-4-5-12(20-2)13(6-10)21-3/h4-7H,8H2,1-3H3. The molecular weight excluding hydrogens is 302 g/mol. The van der Waals surface area contributed by atoms with Crippen LogP contribution in [0.25, 0.3) is 11.4 Å². The van der Waals surface area contributed by atoms with E-state index in [1.165, 1.54) is 11.7 Å². The fraction of sp³-hybridized carbons (Fsp3) is 0.267. The van der Waals surface area contributed by atoms with Gasteiger partial charge >= 0.3 is 5.76 Å². The molecule has 0 fully saturated rings. The van der Waals surface area contributed by atoms with Gasteiger partial charge in [-0.15, -0.1) is 0 Å². The highest BCUT2D eigenvalue weighted by Crippen LogP contribution is 2.31. The van der Waals surface area contributed by atoms with E-state index >= 15 is 0 Å². The molecule has 8 heteroatoms. The van der Waals surface area contributed by atoms with E-state index in [0.717, 1.165) is 5.56 Å². The smallest absolute Gasteiger partial charge is 0.442 e. The van der Waals surface area contributed by atoms with E-state index in [1.807, 2.05) is 0 Å². The number of aromatic nitrogens is 3. The molecule has 0 aliphatic rings. The molecule has 0 bridgehead atoms. The first-order valence-corrected chi connectivity index (χ1v) is 6.83. The van der Waals surface area contributed by atoms with Gasteiger partial charge in [0.15, 0.2) is 17.3 Å². The van der Waals surface area contributed by atoms with Gasteiger partial charge in [0.05, 0.1) is 27.0 Å². The molecule has 2 aromatic heterocycles. The third-order valence-electron chi connectivity index (χ3n) is 3.51. The largest absolute Gasteiger partial charge is 0.493 e. The number of hydrogen-bond donors (Lipinski definition) is 0. The zero-order chi connectivity index (χ0) is 16.4. The Bertz CT molecular complexity index is 877. The Hall–Kier alpha value is -3.03. The lowest BCUT2D eigenvalue weighted by atomic mass is 10.2. The van der Waals surface area contributed by atoms with E-state index in [2.05, 4.69) is 10.3 Å². The van der Waals surface area contributed by atoms with Gasteiger partial charge < -0.3 is 14.0 Å². The van der Waals surface area contributed by atoms with Crippen LogP contribution in [0.5, 0.6) is 11.5 Å². The van der Waals surface area contributed by atoms with Crippen LogP contribution in [0.15, 0.2) is 38.2 Å². The maximum atomic E-state index is 12.0. The molecular formula is C15H15N3O5. The van der Waals surface area contributed by atoms with Gasteiger partial charge in [-0.05, 0) is 25.1 Å². The molecule has 0 radical (unpaired) electrons. The average molecular weight is 317 g/mol. The van der Waals surface area contributed by atoms with Crippen molar-refractivity contribution < 1.29 is 18.5 Å². The lowest BCUT2D eigenvalue weighted by molar-refractivity contribution is 0.355. The van der Waals surface area contributed by atoms with Crippen LogP contribution in [0.1, 0.15) is 11.3 Å². The predicted octanol–water partition coefficient (Wildman–Crippen LogP) is 1.87. The van der Waals surface area contributed by atoms with Gasteiger partial charge in [0.1, 0.15) is 5.76 Å². The minimum Gasteiger partial charge on any atom is -0.493 e. The van der Waals surface area contributed by atoms with Gasteiger partial charge in [0.25, 0.3) is 0 Å². The second-order valence-corrected chi connectivity index (χ2v) is 4.84. The molecule has 0 amide bonds. The molecule has 0 saturated carbocycles. The second-order valence-electron chi connectivity index (χ2n) is 4.84. The minimum absolute atomic E-state index is 0.251. The van der Waals surface area contributed by atoms with Gasteiger partial charge in [-0.2, -0.15) is 0 Å². The maximum absolute atomic E-state index is 12.0. The molecule has 0 unspecified atom stereocenters. The number of hydrogen-bond acceptors (Lipinski definition) is 7. The first-order chi connectivity index (χ1) is 11.1. The zero-order valence-corrected chi connectivity index (χ0v) is 12.9. The van der Waals surface area contributed by atoms with Crippen LogP contribution in [-0.2, 0) is 6.54 Å². The molecule has 0 aliphatic carbocycles. The van der Waals surface area contributed by atoms with E-state index in [0.29, 0.717) is 28.6 Å². The minimum atomic E-state index is -0.560. The fourth-order valence-electron chi connectivity index (χ4n) is 2.23. The number of aryl methyl sites for hydroxylation is 1. The van der Waals surface area contributed by atoms with Crippen molar-refractivity contribution in [3.8, 4) is 22.9 Å². The quantitative estimate of drug-likeness (QED) is 0.709. The number of ether oxygens (including phenoxy) is 2. The molecule has 0 aliphatic heterocycles. The highest BCUT2D eigenvalue weighted by Gasteiger charge is 2.17. The lowest BCUT2D eigenvalue weighted by Gasteiger charge is -2.09. The molecule has 1 aromatic carbocycles. The third-order valence-corrected chi connectivity index (χ3v) is 3.51. The summed E-state index contributed by atoms with van der Waals surface area (Å²) in [5, 5.41) is 7.56. The van der Waals surface area contributed by atoms with Crippen LogP contribution >= 0.6 is 0 Å². The summed E-state index contributed by atoms with van der Waals surface area (Å²) in [5.41, 5.74) is 1.44.